The van der Waals surface area contributed by atoms with Crippen molar-refractivity contribution in [3.63, 3.8) is 0 Å². The minimum atomic E-state index is -1.56. The fourth-order valence-electron chi connectivity index (χ4n) is 2.03. The highest BCUT2D eigenvalue weighted by Gasteiger charge is 2.19. The number of benzene rings is 2. The van der Waals surface area contributed by atoms with Crippen LogP contribution in [0.25, 0.3) is 11.1 Å². The summed E-state index contributed by atoms with van der Waals surface area (Å²) in [6.45, 7) is 1.80. The van der Waals surface area contributed by atoms with Crippen molar-refractivity contribution in [2.45, 2.75) is 13.0 Å². The van der Waals surface area contributed by atoms with Gasteiger partial charge in [0.2, 0.25) is 0 Å². The van der Waals surface area contributed by atoms with E-state index in [-0.39, 0.29) is 17.2 Å². The van der Waals surface area contributed by atoms with Crippen LogP contribution in [0, 0.1) is 23.3 Å². The molecule has 1 unspecified atom stereocenters. The molecule has 5 heteroatoms. The molecule has 2 rings (SSSR count). The first-order valence-electron chi connectivity index (χ1n) is 6.06. The van der Waals surface area contributed by atoms with Gasteiger partial charge in [-0.15, -0.1) is 0 Å². The Hall–Kier alpha value is -1.88. The summed E-state index contributed by atoms with van der Waals surface area (Å²) in [4.78, 5) is 0. The van der Waals surface area contributed by atoms with Crippen molar-refractivity contribution in [2.24, 2.45) is 0 Å². The van der Waals surface area contributed by atoms with E-state index in [0.29, 0.717) is 5.56 Å². The molecule has 2 aromatic carbocycles. The average Bonchev–Trinajstić information content (AvgIpc) is 2.44. The number of nitrogens with one attached hydrogen (secondary N) is 1. The maximum absolute atomic E-state index is 13.9. The third-order valence-electron chi connectivity index (χ3n) is 3.24. The van der Waals surface area contributed by atoms with Gasteiger partial charge in [-0.2, -0.15) is 0 Å². The molecule has 0 heterocycles. The molecule has 0 fully saturated rings. The monoisotopic (exact) mass is 283 g/mol. The summed E-state index contributed by atoms with van der Waals surface area (Å²) in [5, 5.41) is 2.94. The lowest BCUT2D eigenvalue weighted by Crippen LogP contribution is -2.13. The van der Waals surface area contributed by atoms with E-state index in [2.05, 4.69) is 5.32 Å². The van der Waals surface area contributed by atoms with Crippen molar-refractivity contribution in [1.82, 2.24) is 5.32 Å². The SMILES string of the molecule is CNC(C)c1ccc(F)cc1-c1ccc(F)c(F)c1F. The second-order valence-corrected chi connectivity index (χ2v) is 4.46. The molecule has 0 radical (unpaired) electrons. The second kappa shape index (κ2) is 5.63. The summed E-state index contributed by atoms with van der Waals surface area (Å²) in [7, 11) is 1.69. The second-order valence-electron chi connectivity index (χ2n) is 4.46. The molecule has 0 saturated carbocycles. The molecule has 0 aliphatic heterocycles. The molecule has 0 amide bonds. The Morgan fingerprint density at radius 1 is 0.900 bits per heavy atom. The molecule has 106 valence electrons. The van der Waals surface area contributed by atoms with E-state index in [1.54, 1.807) is 14.0 Å². The third-order valence-corrected chi connectivity index (χ3v) is 3.24. The molecule has 1 atom stereocenters. The molecule has 1 nitrogen and oxygen atoms in total. The maximum Gasteiger partial charge on any atom is 0.195 e. The summed E-state index contributed by atoms with van der Waals surface area (Å²) in [6, 6.07) is 5.58. The van der Waals surface area contributed by atoms with Crippen LogP contribution in [0.4, 0.5) is 17.6 Å². The Morgan fingerprint density at radius 2 is 1.60 bits per heavy atom. The molecule has 1 N–H and O–H groups in total. The summed E-state index contributed by atoms with van der Waals surface area (Å²) >= 11 is 0. The van der Waals surface area contributed by atoms with Crippen LogP contribution in [0.2, 0.25) is 0 Å². The van der Waals surface area contributed by atoms with Crippen LogP contribution in [0.1, 0.15) is 18.5 Å². The predicted octanol–water partition coefficient (Wildman–Crippen LogP) is 4.19. The molecule has 2 aromatic rings. The first-order valence-corrected chi connectivity index (χ1v) is 6.06. The average molecular weight is 283 g/mol. The Bertz CT molecular complexity index is 640. The largest absolute Gasteiger partial charge is 0.313 e. The van der Waals surface area contributed by atoms with Crippen molar-refractivity contribution in [2.75, 3.05) is 7.05 Å². The Morgan fingerprint density at radius 3 is 2.25 bits per heavy atom. The van der Waals surface area contributed by atoms with E-state index in [9.17, 15) is 17.6 Å². The smallest absolute Gasteiger partial charge is 0.195 e. The molecule has 0 saturated heterocycles. The fraction of sp³-hybridized carbons (Fsp3) is 0.200. The minimum absolute atomic E-state index is 0.166. The van der Waals surface area contributed by atoms with Gasteiger partial charge in [-0.25, -0.2) is 17.6 Å². The lowest BCUT2D eigenvalue weighted by atomic mass is 9.95. The Balaban J connectivity index is 2.69. The summed E-state index contributed by atoms with van der Waals surface area (Å²) in [5.74, 6) is -4.72. The molecule has 0 spiro atoms. The van der Waals surface area contributed by atoms with Crippen LogP contribution in [0.5, 0.6) is 0 Å². The molecular formula is C15H13F4N. The van der Waals surface area contributed by atoms with Crippen molar-refractivity contribution in [3.05, 3.63) is 59.2 Å². The molecule has 0 aliphatic carbocycles. The predicted molar refractivity (Wildman–Crippen MR) is 69.2 cm³/mol. The van der Waals surface area contributed by atoms with E-state index in [0.717, 1.165) is 18.2 Å². The zero-order chi connectivity index (χ0) is 14.9. The summed E-state index contributed by atoms with van der Waals surface area (Å²) in [5.41, 5.74) is 0.627. The van der Waals surface area contributed by atoms with Gasteiger partial charge in [0.15, 0.2) is 17.5 Å². The van der Waals surface area contributed by atoms with Gasteiger partial charge in [0.05, 0.1) is 0 Å². The minimum Gasteiger partial charge on any atom is -0.313 e. The summed E-state index contributed by atoms with van der Waals surface area (Å²) < 4.78 is 53.6. The van der Waals surface area contributed by atoms with Gasteiger partial charge in [-0.1, -0.05) is 6.07 Å². The van der Waals surface area contributed by atoms with Crippen LogP contribution < -0.4 is 5.32 Å². The van der Waals surface area contributed by atoms with E-state index >= 15 is 0 Å². The highest BCUT2D eigenvalue weighted by molar-refractivity contribution is 5.69. The first kappa shape index (κ1) is 14.5. The van der Waals surface area contributed by atoms with Crippen LogP contribution in [0.3, 0.4) is 0 Å². The van der Waals surface area contributed by atoms with Gasteiger partial charge in [0, 0.05) is 11.6 Å². The van der Waals surface area contributed by atoms with Crippen LogP contribution in [0.15, 0.2) is 30.3 Å². The highest BCUT2D eigenvalue weighted by atomic mass is 19.2. The lowest BCUT2D eigenvalue weighted by Gasteiger charge is -2.17. The normalized spacial score (nSPS) is 12.5. The first-order chi connectivity index (χ1) is 9.45. The van der Waals surface area contributed by atoms with Crippen molar-refractivity contribution in [3.8, 4) is 11.1 Å². The van der Waals surface area contributed by atoms with E-state index in [1.165, 1.54) is 12.1 Å². The number of rotatable bonds is 3. The third kappa shape index (κ3) is 2.54. The van der Waals surface area contributed by atoms with Gasteiger partial charge in [0.1, 0.15) is 5.82 Å². The molecular weight excluding hydrogens is 270 g/mol. The number of hydrogen-bond donors (Lipinski definition) is 1. The van der Waals surface area contributed by atoms with Crippen LogP contribution >= 0.6 is 0 Å². The summed E-state index contributed by atoms with van der Waals surface area (Å²) in [6.07, 6.45) is 0. The molecule has 0 aliphatic rings. The van der Waals surface area contributed by atoms with Crippen molar-refractivity contribution >= 4 is 0 Å². The number of halogens is 4. The standard InChI is InChI=1S/C15H13F4N/c1-8(20-2)10-4-3-9(16)7-12(10)11-5-6-13(17)15(19)14(11)18/h3-8,20H,1-2H3. The lowest BCUT2D eigenvalue weighted by molar-refractivity contribution is 0.449. The molecule has 20 heavy (non-hydrogen) atoms. The van der Waals surface area contributed by atoms with Crippen LogP contribution in [-0.4, -0.2) is 7.05 Å². The van der Waals surface area contributed by atoms with Gasteiger partial charge in [-0.3, -0.25) is 0 Å². The fourth-order valence-corrected chi connectivity index (χ4v) is 2.03. The van der Waals surface area contributed by atoms with Gasteiger partial charge < -0.3 is 5.32 Å². The van der Waals surface area contributed by atoms with Crippen LogP contribution in [-0.2, 0) is 0 Å². The van der Waals surface area contributed by atoms with E-state index in [4.69, 9.17) is 0 Å². The molecule has 0 aromatic heterocycles. The van der Waals surface area contributed by atoms with Crippen molar-refractivity contribution < 1.29 is 17.6 Å². The number of hydrogen-bond acceptors (Lipinski definition) is 1. The Labute approximate surface area is 114 Å². The molecule has 0 bridgehead atoms. The Kier molecular flexibility index (Phi) is 4.09. The highest BCUT2D eigenvalue weighted by Crippen LogP contribution is 2.32. The van der Waals surface area contributed by atoms with Crippen molar-refractivity contribution in [1.29, 1.82) is 0 Å². The van der Waals surface area contributed by atoms with Gasteiger partial charge >= 0.3 is 0 Å². The maximum atomic E-state index is 13.9. The van der Waals surface area contributed by atoms with Gasteiger partial charge in [-0.05, 0) is 49.4 Å². The van der Waals surface area contributed by atoms with Gasteiger partial charge in [0.25, 0.3) is 0 Å². The zero-order valence-electron chi connectivity index (χ0n) is 11.0. The quantitative estimate of drug-likeness (QED) is 0.658. The van der Waals surface area contributed by atoms with E-state index in [1.807, 2.05) is 0 Å². The van der Waals surface area contributed by atoms with E-state index < -0.39 is 23.3 Å². The zero-order valence-corrected chi connectivity index (χ0v) is 11.0. The topological polar surface area (TPSA) is 12.0 Å².